The third-order valence-electron chi connectivity index (χ3n) is 3.00. The maximum Gasteiger partial charge on any atom is 0.101 e. The zero-order valence-electron chi connectivity index (χ0n) is 10.9. The number of nitrogens with two attached hydrogens (primary N) is 1. The van der Waals surface area contributed by atoms with Gasteiger partial charge in [0.05, 0.1) is 29.2 Å². The first-order valence-corrected chi connectivity index (χ1v) is 6.19. The number of para-hydroxylation sites is 1. The minimum atomic E-state index is 0.511. The van der Waals surface area contributed by atoms with Gasteiger partial charge in [0.1, 0.15) is 6.07 Å². The summed E-state index contributed by atoms with van der Waals surface area (Å²) in [5.41, 5.74) is 8.94. The molecule has 0 saturated carbocycles. The number of hydrogen-bond acceptors (Lipinski definition) is 4. The molecule has 4 heteroatoms. The number of pyridine rings is 1. The van der Waals surface area contributed by atoms with Crippen LogP contribution in [0, 0.1) is 11.3 Å². The summed E-state index contributed by atoms with van der Waals surface area (Å²) in [6, 6.07) is 13.5. The van der Waals surface area contributed by atoms with E-state index in [0.717, 1.165) is 17.9 Å². The van der Waals surface area contributed by atoms with Crippen LogP contribution >= 0.6 is 0 Å². The Bertz CT molecular complexity index is 587. The molecule has 96 valence electrons. The molecule has 2 N–H and O–H groups in total. The highest BCUT2D eigenvalue weighted by molar-refractivity contribution is 5.73. The molecule has 1 aromatic carbocycles. The van der Waals surface area contributed by atoms with Crippen molar-refractivity contribution in [3.63, 3.8) is 0 Å². The van der Waals surface area contributed by atoms with Crippen LogP contribution in [0.2, 0.25) is 0 Å². The van der Waals surface area contributed by atoms with Crippen molar-refractivity contribution in [1.82, 2.24) is 4.98 Å². The van der Waals surface area contributed by atoms with Gasteiger partial charge in [-0.25, -0.2) is 0 Å². The second kappa shape index (κ2) is 5.87. The number of anilines is 2. The van der Waals surface area contributed by atoms with Crippen molar-refractivity contribution >= 4 is 11.4 Å². The maximum atomic E-state index is 9.03. The number of rotatable bonds is 4. The molecule has 0 fully saturated rings. The summed E-state index contributed by atoms with van der Waals surface area (Å²) in [7, 11) is 0. The van der Waals surface area contributed by atoms with Crippen LogP contribution in [0.25, 0.3) is 0 Å². The van der Waals surface area contributed by atoms with E-state index in [1.807, 2.05) is 30.3 Å². The number of aromatic nitrogens is 1. The predicted molar refractivity (Wildman–Crippen MR) is 76.5 cm³/mol. The molecule has 2 aromatic rings. The Morgan fingerprint density at radius 3 is 2.74 bits per heavy atom. The van der Waals surface area contributed by atoms with Gasteiger partial charge in [0.25, 0.3) is 0 Å². The summed E-state index contributed by atoms with van der Waals surface area (Å²) >= 11 is 0. The van der Waals surface area contributed by atoms with Crippen LogP contribution in [-0.2, 0) is 6.54 Å². The van der Waals surface area contributed by atoms with Gasteiger partial charge in [0.2, 0.25) is 0 Å². The van der Waals surface area contributed by atoms with E-state index in [1.165, 1.54) is 0 Å². The van der Waals surface area contributed by atoms with E-state index in [-0.39, 0.29) is 0 Å². The molecule has 0 unspecified atom stereocenters. The Morgan fingerprint density at radius 1 is 1.26 bits per heavy atom. The van der Waals surface area contributed by atoms with E-state index in [2.05, 4.69) is 22.9 Å². The van der Waals surface area contributed by atoms with Crippen molar-refractivity contribution in [3.05, 3.63) is 53.9 Å². The van der Waals surface area contributed by atoms with Crippen molar-refractivity contribution in [1.29, 1.82) is 5.26 Å². The van der Waals surface area contributed by atoms with E-state index < -0.39 is 0 Å². The highest BCUT2D eigenvalue weighted by Gasteiger charge is 2.11. The second-order valence-electron chi connectivity index (χ2n) is 4.19. The monoisotopic (exact) mass is 252 g/mol. The fourth-order valence-corrected chi connectivity index (χ4v) is 1.98. The van der Waals surface area contributed by atoms with Gasteiger partial charge >= 0.3 is 0 Å². The lowest BCUT2D eigenvalue weighted by Crippen LogP contribution is -2.23. The molecule has 1 aromatic heterocycles. The van der Waals surface area contributed by atoms with E-state index in [9.17, 15) is 0 Å². The van der Waals surface area contributed by atoms with Gasteiger partial charge in [-0.15, -0.1) is 0 Å². The number of nitrogens with zero attached hydrogens (tertiary/aromatic N) is 3. The standard InChI is InChI=1S/C15H16N4/c1-2-19(11-13-7-3-4-9-18-13)14-8-5-6-12(10-16)15(14)17/h3-9H,2,11,17H2,1H3. The van der Waals surface area contributed by atoms with Crippen molar-refractivity contribution in [2.45, 2.75) is 13.5 Å². The topological polar surface area (TPSA) is 65.9 Å². The molecule has 1 heterocycles. The minimum Gasteiger partial charge on any atom is -0.396 e. The summed E-state index contributed by atoms with van der Waals surface area (Å²) in [5, 5.41) is 9.03. The van der Waals surface area contributed by atoms with Crippen LogP contribution in [0.15, 0.2) is 42.6 Å². The normalized spacial score (nSPS) is 9.89. The fraction of sp³-hybridized carbons (Fsp3) is 0.200. The van der Waals surface area contributed by atoms with Gasteiger partial charge in [0.15, 0.2) is 0 Å². The molecule has 0 aliphatic rings. The minimum absolute atomic E-state index is 0.511. The van der Waals surface area contributed by atoms with Crippen molar-refractivity contribution in [2.24, 2.45) is 0 Å². The molecule has 0 spiro atoms. The summed E-state index contributed by atoms with van der Waals surface area (Å²) in [5.74, 6) is 0. The lowest BCUT2D eigenvalue weighted by atomic mass is 10.1. The number of nitrogen functional groups attached to an aromatic ring is 1. The van der Waals surface area contributed by atoms with Crippen molar-refractivity contribution in [3.8, 4) is 6.07 Å². The van der Waals surface area contributed by atoms with Crippen molar-refractivity contribution in [2.75, 3.05) is 17.2 Å². The van der Waals surface area contributed by atoms with E-state index in [1.54, 1.807) is 12.3 Å². The SMILES string of the molecule is CCN(Cc1ccccn1)c1cccc(C#N)c1N. The molecule has 4 nitrogen and oxygen atoms in total. The van der Waals surface area contributed by atoms with E-state index in [4.69, 9.17) is 11.0 Å². The average Bonchev–Trinajstić information content (AvgIpc) is 2.46. The van der Waals surface area contributed by atoms with Crippen LogP contribution in [0.5, 0.6) is 0 Å². The predicted octanol–water partition coefficient (Wildman–Crippen LogP) is 2.56. The van der Waals surface area contributed by atoms with Crippen LogP contribution in [-0.4, -0.2) is 11.5 Å². The second-order valence-corrected chi connectivity index (χ2v) is 4.19. The maximum absolute atomic E-state index is 9.03. The first-order valence-electron chi connectivity index (χ1n) is 6.19. The summed E-state index contributed by atoms with van der Waals surface area (Å²) in [6.45, 7) is 3.54. The largest absolute Gasteiger partial charge is 0.396 e. The zero-order chi connectivity index (χ0) is 13.7. The number of benzene rings is 1. The quantitative estimate of drug-likeness (QED) is 0.849. The highest BCUT2D eigenvalue weighted by atomic mass is 15.1. The van der Waals surface area contributed by atoms with E-state index >= 15 is 0 Å². The van der Waals surface area contributed by atoms with E-state index in [0.29, 0.717) is 17.8 Å². The average molecular weight is 252 g/mol. The number of hydrogen-bond donors (Lipinski definition) is 1. The first kappa shape index (κ1) is 12.9. The molecule has 2 rings (SSSR count). The van der Waals surface area contributed by atoms with Crippen LogP contribution in [0.3, 0.4) is 0 Å². The Labute approximate surface area is 113 Å². The van der Waals surface area contributed by atoms with Gasteiger partial charge in [-0.3, -0.25) is 4.98 Å². The smallest absolute Gasteiger partial charge is 0.101 e. The molecule has 0 bridgehead atoms. The molecule has 0 radical (unpaired) electrons. The third-order valence-corrected chi connectivity index (χ3v) is 3.00. The first-order chi connectivity index (χ1) is 9.26. The van der Waals surface area contributed by atoms with Crippen LogP contribution in [0.4, 0.5) is 11.4 Å². The molecule has 0 aliphatic heterocycles. The summed E-state index contributed by atoms with van der Waals surface area (Å²) < 4.78 is 0. The lowest BCUT2D eigenvalue weighted by molar-refractivity contribution is 0.811. The van der Waals surface area contributed by atoms with Gasteiger partial charge in [-0.1, -0.05) is 12.1 Å². The van der Waals surface area contributed by atoms with Gasteiger partial charge in [0, 0.05) is 12.7 Å². The van der Waals surface area contributed by atoms with Crippen molar-refractivity contribution < 1.29 is 0 Å². The Kier molecular flexibility index (Phi) is 3.99. The molecule has 0 saturated heterocycles. The Morgan fingerprint density at radius 2 is 2.11 bits per heavy atom. The number of nitriles is 1. The Hall–Kier alpha value is -2.54. The third kappa shape index (κ3) is 2.83. The van der Waals surface area contributed by atoms with Gasteiger partial charge < -0.3 is 10.6 Å². The fourth-order valence-electron chi connectivity index (χ4n) is 1.98. The summed E-state index contributed by atoms with van der Waals surface area (Å²) in [6.07, 6.45) is 1.78. The zero-order valence-corrected chi connectivity index (χ0v) is 10.9. The summed E-state index contributed by atoms with van der Waals surface area (Å²) in [4.78, 5) is 6.43. The Balaban J connectivity index is 2.31. The highest BCUT2D eigenvalue weighted by Crippen LogP contribution is 2.27. The molecular formula is C15H16N4. The molecule has 0 aliphatic carbocycles. The molecule has 0 atom stereocenters. The molecule has 0 amide bonds. The van der Waals surface area contributed by atoms with Crippen LogP contribution in [0.1, 0.15) is 18.2 Å². The lowest BCUT2D eigenvalue weighted by Gasteiger charge is -2.24. The van der Waals surface area contributed by atoms with Gasteiger partial charge in [-0.05, 0) is 31.2 Å². The molecular weight excluding hydrogens is 236 g/mol. The van der Waals surface area contributed by atoms with Gasteiger partial charge in [-0.2, -0.15) is 5.26 Å². The van der Waals surface area contributed by atoms with Crippen LogP contribution < -0.4 is 10.6 Å². The molecule has 19 heavy (non-hydrogen) atoms.